The molecular weight excluding hydrogens is 218 g/mol. The van der Waals surface area contributed by atoms with Crippen LogP contribution in [0.4, 0.5) is 0 Å². The number of nitrogens with one attached hydrogen (secondary N) is 1. The number of piperazine rings is 1. The van der Waals surface area contributed by atoms with E-state index in [2.05, 4.69) is 15.2 Å². The highest BCUT2D eigenvalue weighted by Crippen LogP contribution is 2.41. The van der Waals surface area contributed by atoms with Gasteiger partial charge < -0.3 is 10.2 Å². The molecule has 2 heterocycles. The van der Waals surface area contributed by atoms with Crippen molar-refractivity contribution in [3.8, 4) is 0 Å². The van der Waals surface area contributed by atoms with Crippen molar-refractivity contribution in [2.75, 3.05) is 32.7 Å². The monoisotopic (exact) mass is 237 g/mol. The summed E-state index contributed by atoms with van der Waals surface area (Å²) in [5.41, 5.74) is 3.45. The Morgan fingerprint density at radius 2 is 2.19 bits per heavy atom. The Kier molecular flexibility index (Phi) is 3.22. The van der Waals surface area contributed by atoms with Crippen molar-refractivity contribution in [2.45, 2.75) is 25.2 Å². The van der Waals surface area contributed by atoms with E-state index in [1.807, 2.05) is 16.8 Å². The van der Waals surface area contributed by atoms with Crippen LogP contribution >= 0.6 is 11.3 Å². The number of nitrogens with zero attached hydrogens (tertiary/aromatic N) is 2. The fraction of sp³-hybridized carbons (Fsp3) is 0.750. The third-order valence-electron chi connectivity index (χ3n) is 3.50. The maximum Gasteiger partial charge on any atom is 0.0797 e. The molecule has 1 saturated heterocycles. The number of hydrogen-bond acceptors (Lipinski definition) is 4. The van der Waals surface area contributed by atoms with E-state index in [0.29, 0.717) is 0 Å². The van der Waals surface area contributed by atoms with Gasteiger partial charge in [-0.05, 0) is 19.3 Å². The van der Waals surface area contributed by atoms with Crippen LogP contribution in [0.3, 0.4) is 0 Å². The molecule has 1 aliphatic carbocycles. The Morgan fingerprint density at radius 3 is 2.94 bits per heavy atom. The first-order valence-corrected chi connectivity index (χ1v) is 7.17. The SMILES string of the molecule is c1nc(C2CC2)c(CCN2CCNCC2)s1. The summed E-state index contributed by atoms with van der Waals surface area (Å²) in [6.07, 6.45) is 3.94. The number of hydrogen-bond donors (Lipinski definition) is 1. The lowest BCUT2D eigenvalue weighted by Gasteiger charge is -2.26. The van der Waals surface area contributed by atoms with Crippen LogP contribution in [0.15, 0.2) is 5.51 Å². The van der Waals surface area contributed by atoms with Gasteiger partial charge in [0.2, 0.25) is 0 Å². The van der Waals surface area contributed by atoms with Gasteiger partial charge in [-0.15, -0.1) is 11.3 Å². The standard InChI is InChI=1S/C12H19N3S/c1-2-10(1)12-11(16-9-14-12)3-6-15-7-4-13-5-8-15/h9-10,13H,1-8H2. The van der Waals surface area contributed by atoms with Gasteiger partial charge in [0.05, 0.1) is 11.2 Å². The normalized spacial score (nSPS) is 22.5. The van der Waals surface area contributed by atoms with Crippen molar-refractivity contribution in [1.82, 2.24) is 15.2 Å². The highest BCUT2D eigenvalue weighted by Gasteiger charge is 2.28. The number of rotatable bonds is 4. The molecule has 0 bridgehead atoms. The topological polar surface area (TPSA) is 28.2 Å². The largest absolute Gasteiger partial charge is 0.314 e. The molecule has 1 N–H and O–H groups in total. The second-order valence-electron chi connectivity index (χ2n) is 4.78. The lowest BCUT2D eigenvalue weighted by atomic mass is 10.2. The first-order valence-electron chi connectivity index (χ1n) is 6.29. The first-order chi connectivity index (χ1) is 7.93. The number of thiazole rings is 1. The predicted octanol–water partition coefficient (Wildman–Crippen LogP) is 1.47. The van der Waals surface area contributed by atoms with Gasteiger partial charge in [0.15, 0.2) is 0 Å². The lowest BCUT2D eigenvalue weighted by Crippen LogP contribution is -2.44. The molecule has 0 atom stereocenters. The van der Waals surface area contributed by atoms with E-state index in [4.69, 9.17) is 0 Å². The van der Waals surface area contributed by atoms with Gasteiger partial charge in [0.1, 0.15) is 0 Å². The second kappa shape index (κ2) is 4.82. The summed E-state index contributed by atoms with van der Waals surface area (Å²) in [4.78, 5) is 8.63. The van der Waals surface area contributed by atoms with Gasteiger partial charge in [0, 0.05) is 43.5 Å². The molecule has 3 nitrogen and oxygen atoms in total. The zero-order chi connectivity index (χ0) is 10.8. The van der Waals surface area contributed by atoms with Crippen molar-refractivity contribution in [1.29, 1.82) is 0 Å². The molecule has 0 aromatic carbocycles. The van der Waals surface area contributed by atoms with Gasteiger partial charge in [-0.2, -0.15) is 0 Å². The third-order valence-corrected chi connectivity index (χ3v) is 4.41. The molecule has 4 heteroatoms. The van der Waals surface area contributed by atoms with Gasteiger partial charge in [-0.3, -0.25) is 0 Å². The smallest absolute Gasteiger partial charge is 0.0797 e. The van der Waals surface area contributed by atoms with E-state index in [9.17, 15) is 0 Å². The quantitative estimate of drug-likeness (QED) is 0.859. The molecule has 1 aliphatic heterocycles. The molecule has 1 saturated carbocycles. The van der Waals surface area contributed by atoms with Crippen LogP contribution in [-0.4, -0.2) is 42.6 Å². The van der Waals surface area contributed by atoms with Gasteiger partial charge in [0.25, 0.3) is 0 Å². The van der Waals surface area contributed by atoms with Crippen LogP contribution < -0.4 is 5.32 Å². The molecule has 88 valence electrons. The minimum absolute atomic E-state index is 0.810. The average molecular weight is 237 g/mol. The summed E-state index contributed by atoms with van der Waals surface area (Å²) in [6.45, 7) is 5.93. The molecule has 0 amide bonds. The minimum atomic E-state index is 0.810. The zero-order valence-electron chi connectivity index (χ0n) is 9.61. The Balaban J connectivity index is 1.54. The van der Waals surface area contributed by atoms with Crippen LogP contribution in [0, 0.1) is 0 Å². The van der Waals surface area contributed by atoms with Crippen LogP contribution in [-0.2, 0) is 6.42 Å². The number of aromatic nitrogens is 1. The summed E-state index contributed by atoms with van der Waals surface area (Å²) >= 11 is 1.85. The first kappa shape index (κ1) is 10.7. The fourth-order valence-corrected chi connectivity index (χ4v) is 3.19. The Bertz CT molecular complexity index is 340. The lowest BCUT2D eigenvalue weighted by molar-refractivity contribution is 0.244. The molecule has 0 spiro atoms. The van der Waals surface area contributed by atoms with Crippen molar-refractivity contribution in [3.63, 3.8) is 0 Å². The third kappa shape index (κ3) is 2.44. The van der Waals surface area contributed by atoms with Crippen LogP contribution in [0.5, 0.6) is 0 Å². The molecule has 16 heavy (non-hydrogen) atoms. The van der Waals surface area contributed by atoms with E-state index in [0.717, 1.165) is 19.0 Å². The van der Waals surface area contributed by atoms with E-state index < -0.39 is 0 Å². The van der Waals surface area contributed by atoms with E-state index >= 15 is 0 Å². The van der Waals surface area contributed by atoms with Crippen molar-refractivity contribution in [2.24, 2.45) is 0 Å². The summed E-state index contributed by atoms with van der Waals surface area (Å²) in [5.74, 6) is 0.810. The molecule has 1 aromatic rings. The van der Waals surface area contributed by atoms with Crippen molar-refractivity contribution < 1.29 is 0 Å². The Labute approximate surface area is 101 Å². The molecular formula is C12H19N3S. The van der Waals surface area contributed by atoms with E-state index in [1.54, 1.807) is 4.88 Å². The molecule has 0 radical (unpaired) electrons. The highest BCUT2D eigenvalue weighted by atomic mass is 32.1. The maximum absolute atomic E-state index is 4.53. The minimum Gasteiger partial charge on any atom is -0.314 e. The van der Waals surface area contributed by atoms with Crippen LogP contribution in [0.25, 0.3) is 0 Å². The summed E-state index contributed by atoms with van der Waals surface area (Å²) < 4.78 is 0. The Morgan fingerprint density at radius 1 is 1.38 bits per heavy atom. The fourth-order valence-electron chi connectivity index (χ4n) is 2.35. The molecule has 1 aromatic heterocycles. The summed E-state index contributed by atoms with van der Waals surface area (Å²) in [6, 6.07) is 0. The van der Waals surface area contributed by atoms with Crippen molar-refractivity contribution in [3.05, 3.63) is 16.1 Å². The van der Waals surface area contributed by atoms with Gasteiger partial charge >= 0.3 is 0 Å². The molecule has 2 aliphatic rings. The second-order valence-corrected chi connectivity index (χ2v) is 5.72. The van der Waals surface area contributed by atoms with Gasteiger partial charge in [-0.25, -0.2) is 4.98 Å². The molecule has 0 unspecified atom stereocenters. The zero-order valence-corrected chi connectivity index (χ0v) is 10.4. The van der Waals surface area contributed by atoms with Crippen LogP contribution in [0.1, 0.15) is 29.3 Å². The average Bonchev–Trinajstić information content (AvgIpc) is 3.07. The van der Waals surface area contributed by atoms with Crippen LogP contribution in [0.2, 0.25) is 0 Å². The molecule has 2 fully saturated rings. The van der Waals surface area contributed by atoms with E-state index in [-0.39, 0.29) is 0 Å². The maximum atomic E-state index is 4.53. The summed E-state index contributed by atoms with van der Waals surface area (Å²) in [7, 11) is 0. The van der Waals surface area contributed by atoms with E-state index in [1.165, 1.54) is 44.6 Å². The highest BCUT2D eigenvalue weighted by molar-refractivity contribution is 7.09. The predicted molar refractivity (Wildman–Crippen MR) is 67.1 cm³/mol. The summed E-state index contributed by atoms with van der Waals surface area (Å²) in [5, 5.41) is 3.40. The van der Waals surface area contributed by atoms with Crippen molar-refractivity contribution >= 4 is 11.3 Å². The van der Waals surface area contributed by atoms with Gasteiger partial charge in [-0.1, -0.05) is 0 Å². The molecule has 3 rings (SSSR count). The Hall–Kier alpha value is -0.450.